The van der Waals surface area contributed by atoms with Gasteiger partial charge in [-0.15, -0.1) is 0 Å². The molecule has 0 radical (unpaired) electrons. The van der Waals surface area contributed by atoms with Gasteiger partial charge in [0.25, 0.3) is 0 Å². The zero-order chi connectivity index (χ0) is 23.2. The van der Waals surface area contributed by atoms with Crippen LogP contribution in [0, 0.1) is 20.8 Å². The number of aliphatic hydroxyl groups is 1. The van der Waals surface area contributed by atoms with Crippen molar-refractivity contribution in [2.45, 2.75) is 40.2 Å². The van der Waals surface area contributed by atoms with E-state index in [0.29, 0.717) is 16.4 Å². The van der Waals surface area contributed by atoms with Crippen LogP contribution in [0.25, 0.3) is 0 Å². The lowest BCUT2D eigenvalue weighted by atomic mass is 9.97. The maximum absolute atomic E-state index is 12.4. The van der Waals surface area contributed by atoms with Crippen molar-refractivity contribution >= 4 is 24.4 Å². The Morgan fingerprint density at radius 2 is 1.26 bits per heavy atom. The molecule has 0 aliphatic carbocycles. The minimum Gasteiger partial charge on any atom is -0.382 e. The van der Waals surface area contributed by atoms with E-state index in [9.17, 15) is 19.3 Å². The Kier molecular flexibility index (Phi) is 8.15. The average Bonchev–Trinajstić information content (AvgIpc) is 2.73. The fourth-order valence-corrected chi connectivity index (χ4v) is 4.48. The molecule has 3 rings (SSSR count). The number of rotatable bonds is 5. The average molecular weight is 435 g/mol. The van der Waals surface area contributed by atoms with Crippen molar-refractivity contribution < 1.29 is 19.3 Å². The Hall–Kier alpha value is -2.94. The van der Waals surface area contributed by atoms with Crippen molar-refractivity contribution in [1.29, 1.82) is 0 Å². The van der Waals surface area contributed by atoms with Crippen molar-refractivity contribution in [3.05, 3.63) is 101 Å². The lowest BCUT2D eigenvalue weighted by Crippen LogP contribution is -2.30. The zero-order valence-corrected chi connectivity index (χ0v) is 19.4. The lowest BCUT2D eigenvalue weighted by molar-refractivity contribution is 0.0488. The molecule has 160 valence electrons. The smallest absolute Gasteiger partial charge is 0.382 e. The predicted octanol–water partition coefficient (Wildman–Crippen LogP) is 5.55. The van der Waals surface area contributed by atoms with E-state index in [-0.39, 0.29) is 11.3 Å². The van der Waals surface area contributed by atoms with Crippen molar-refractivity contribution in [2.75, 3.05) is 0 Å². The molecule has 31 heavy (non-hydrogen) atoms. The number of aryl methyl sites for hydroxylation is 3. The highest BCUT2D eigenvalue weighted by molar-refractivity contribution is 7.71. The fourth-order valence-electron chi connectivity index (χ4n) is 3.24. The Bertz CT molecular complexity index is 1060. The van der Waals surface area contributed by atoms with Gasteiger partial charge >= 0.3 is 13.3 Å². The highest BCUT2D eigenvalue weighted by Gasteiger charge is 2.34. The molecule has 0 bridgehead atoms. The van der Waals surface area contributed by atoms with Gasteiger partial charge in [0.05, 0.1) is 5.56 Å². The normalized spacial score (nSPS) is 11.2. The van der Waals surface area contributed by atoms with Crippen molar-refractivity contribution in [2.24, 2.45) is 0 Å². The topological polar surface area (TPSA) is 71.4 Å². The third kappa shape index (κ3) is 6.52. The molecular formula is C26H28O4P+. The number of hydrogen-bond acceptors (Lipinski definition) is 4. The van der Waals surface area contributed by atoms with Crippen molar-refractivity contribution in [3.63, 3.8) is 0 Å². The van der Waals surface area contributed by atoms with Gasteiger partial charge in [-0.2, -0.15) is 0 Å². The van der Waals surface area contributed by atoms with Gasteiger partial charge in [-0.25, -0.2) is 4.79 Å². The first-order valence-corrected chi connectivity index (χ1v) is 11.2. The van der Waals surface area contributed by atoms with Gasteiger partial charge in [0, 0.05) is 5.56 Å². The standard InChI is InChI=1S/C16H16O2P.C10H12O2/c1-11-9-12(2)15(13(3)10-11)16(17)19(18)14-7-5-4-6-8-14;1-10(2,12)9(11)8-6-4-3-5-7-8/h4-10H,1-3H3;3-7,12H,1-2H3/q+1;. The number of carbonyl (C=O) groups is 2. The molecule has 0 fully saturated rings. The van der Waals surface area contributed by atoms with Crippen molar-refractivity contribution in [3.8, 4) is 0 Å². The van der Waals surface area contributed by atoms with Crippen LogP contribution < -0.4 is 5.30 Å². The van der Waals surface area contributed by atoms with Crippen LogP contribution in [-0.2, 0) is 4.57 Å². The Labute approximate surface area is 184 Å². The van der Waals surface area contributed by atoms with Crippen LogP contribution in [0.3, 0.4) is 0 Å². The highest BCUT2D eigenvalue weighted by atomic mass is 31.1. The quantitative estimate of drug-likeness (QED) is 0.422. The summed E-state index contributed by atoms with van der Waals surface area (Å²) in [6.07, 6.45) is 0. The monoisotopic (exact) mass is 435 g/mol. The van der Waals surface area contributed by atoms with Gasteiger partial charge in [0.2, 0.25) is 0 Å². The first-order valence-electron chi connectivity index (χ1n) is 9.99. The van der Waals surface area contributed by atoms with Gasteiger partial charge in [-0.3, -0.25) is 4.79 Å². The SMILES string of the molecule is CC(C)(O)C(=O)c1ccccc1.Cc1cc(C)c(C(=O)[P+](=O)c2ccccc2)c(C)c1. The van der Waals surface area contributed by atoms with E-state index in [2.05, 4.69) is 0 Å². The van der Waals surface area contributed by atoms with Crippen LogP contribution in [0.4, 0.5) is 0 Å². The third-order valence-electron chi connectivity index (χ3n) is 4.66. The van der Waals surface area contributed by atoms with Crippen LogP contribution in [0.1, 0.15) is 51.3 Å². The van der Waals surface area contributed by atoms with E-state index in [0.717, 1.165) is 16.7 Å². The molecule has 1 atom stereocenters. The zero-order valence-electron chi connectivity index (χ0n) is 18.5. The Morgan fingerprint density at radius 1 is 0.806 bits per heavy atom. The summed E-state index contributed by atoms with van der Waals surface area (Å²) in [5, 5.41) is 9.98. The van der Waals surface area contributed by atoms with E-state index >= 15 is 0 Å². The lowest BCUT2D eigenvalue weighted by Gasteiger charge is -2.14. The molecule has 3 aromatic rings. The molecule has 5 heteroatoms. The Morgan fingerprint density at radius 3 is 1.71 bits per heavy atom. The van der Waals surface area contributed by atoms with Crippen LogP contribution in [0.15, 0.2) is 72.8 Å². The first kappa shape index (κ1) is 24.3. The molecule has 0 saturated carbocycles. The molecule has 0 heterocycles. The summed E-state index contributed by atoms with van der Waals surface area (Å²) >= 11 is 0. The number of Topliss-reactive ketones (excluding diaryl/α,β-unsaturated/α-hetero) is 1. The second kappa shape index (κ2) is 10.4. The second-order valence-corrected chi connectivity index (χ2v) is 9.47. The van der Waals surface area contributed by atoms with E-state index in [1.54, 1.807) is 48.5 Å². The van der Waals surface area contributed by atoms with Crippen LogP contribution in [0.2, 0.25) is 0 Å². The summed E-state index contributed by atoms with van der Waals surface area (Å²) in [6, 6.07) is 21.6. The Balaban J connectivity index is 0.000000245. The maximum Gasteiger partial charge on any atom is 0.458 e. The largest absolute Gasteiger partial charge is 0.458 e. The van der Waals surface area contributed by atoms with E-state index in [1.807, 2.05) is 45.0 Å². The molecule has 0 saturated heterocycles. The van der Waals surface area contributed by atoms with Crippen LogP contribution in [0.5, 0.6) is 0 Å². The minimum atomic E-state index is -2.04. The third-order valence-corrected chi connectivity index (χ3v) is 6.02. The van der Waals surface area contributed by atoms with Gasteiger partial charge in [-0.05, 0) is 57.9 Å². The van der Waals surface area contributed by atoms with Gasteiger partial charge < -0.3 is 5.11 Å². The van der Waals surface area contributed by atoms with Gasteiger partial charge in [0.1, 0.15) is 5.60 Å². The molecule has 1 N–H and O–H groups in total. The van der Waals surface area contributed by atoms with Gasteiger partial charge in [-0.1, -0.05) is 70.8 Å². The van der Waals surface area contributed by atoms with E-state index in [4.69, 9.17) is 0 Å². The highest BCUT2D eigenvalue weighted by Crippen LogP contribution is 2.30. The fraction of sp³-hybridized carbons (Fsp3) is 0.231. The summed E-state index contributed by atoms with van der Waals surface area (Å²) in [5.41, 5.74) is 2.48. The molecular weight excluding hydrogens is 407 g/mol. The second-order valence-electron chi connectivity index (χ2n) is 7.96. The number of hydrogen-bond donors (Lipinski definition) is 1. The minimum absolute atomic E-state index is 0.247. The first-order chi connectivity index (χ1) is 14.5. The summed E-state index contributed by atoms with van der Waals surface area (Å²) in [6.45, 7) is 8.75. The van der Waals surface area contributed by atoms with Crippen LogP contribution >= 0.6 is 7.80 Å². The molecule has 1 unspecified atom stereocenters. The van der Waals surface area contributed by atoms with E-state index in [1.165, 1.54) is 13.8 Å². The van der Waals surface area contributed by atoms with Gasteiger partial charge in [0.15, 0.2) is 11.1 Å². The molecule has 0 spiro atoms. The molecule has 0 aliphatic rings. The van der Waals surface area contributed by atoms with E-state index < -0.39 is 13.4 Å². The molecule has 0 amide bonds. The number of benzene rings is 3. The predicted molar refractivity (Wildman–Crippen MR) is 126 cm³/mol. The number of carbonyl (C=O) groups excluding carboxylic acids is 2. The number of ketones is 1. The van der Waals surface area contributed by atoms with Crippen molar-refractivity contribution in [1.82, 2.24) is 0 Å². The summed E-state index contributed by atoms with van der Waals surface area (Å²) < 4.78 is 12.3. The molecule has 4 nitrogen and oxygen atoms in total. The molecule has 3 aromatic carbocycles. The summed E-state index contributed by atoms with van der Waals surface area (Å²) in [5.74, 6) is -0.247. The summed E-state index contributed by atoms with van der Waals surface area (Å²) in [4.78, 5) is 23.8. The maximum atomic E-state index is 12.4. The van der Waals surface area contributed by atoms with Crippen LogP contribution in [-0.4, -0.2) is 22.0 Å². The summed E-state index contributed by atoms with van der Waals surface area (Å²) in [7, 11) is -2.04. The molecule has 0 aromatic heterocycles. The molecule has 0 aliphatic heterocycles.